The lowest BCUT2D eigenvalue weighted by Crippen LogP contribution is -2.34. The summed E-state index contributed by atoms with van der Waals surface area (Å²) in [5.41, 5.74) is 6.36. The minimum atomic E-state index is -0.604. The number of ether oxygens (including phenoxy) is 2. The van der Waals surface area contributed by atoms with Gasteiger partial charge in [-0.15, -0.1) is 0 Å². The third-order valence-electron chi connectivity index (χ3n) is 3.65. The topological polar surface area (TPSA) is 120 Å². The molecule has 3 rings (SSSR count). The van der Waals surface area contributed by atoms with Crippen LogP contribution in [0.25, 0.3) is 0 Å². The van der Waals surface area contributed by atoms with Gasteiger partial charge < -0.3 is 25.8 Å². The number of benzene rings is 2. The highest BCUT2D eigenvalue weighted by atomic mass is 16.5. The van der Waals surface area contributed by atoms with E-state index in [9.17, 15) is 14.4 Å². The lowest BCUT2D eigenvalue weighted by molar-refractivity contribution is -0.122. The minimum absolute atomic E-state index is 0.250. The van der Waals surface area contributed by atoms with E-state index >= 15 is 0 Å². The monoisotopic (exact) mass is 355 g/mol. The Morgan fingerprint density at radius 2 is 2.08 bits per heavy atom. The molecule has 2 aromatic rings. The van der Waals surface area contributed by atoms with Crippen molar-refractivity contribution in [3.8, 4) is 11.5 Å². The molecule has 0 spiro atoms. The van der Waals surface area contributed by atoms with E-state index in [2.05, 4.69) is 10.6 Å². The zero-order chi connectivity index (χ0) is 18.7. The highest BCUT2D eigenvalue weighted by molar-refractivity contribution is 6.05. The first-order chi connectivity index (χ1) is 12.4. The van der Waals surface area contributed by atoms with E-state index in [4.69, 9.17) is 15.2 Å². The average molecular weight is 355 g/mol. The Kier molecular flexibility index (Phi) is 4.74. The molecular weight excluding hydrogens is 338 g/mol. The maximum Gasteiger partial charge on any atom is 0.265 e. The van der Waals surface area contributed by atoms with Crippen LogP contribution in [-0.4, -0.2) is 30.4 Å². The van der Waals surface area contributed by atoms with Gasteiger partial charge >= 0.3 is 0 Å². The molecule has 0 aromatic heterocycles. The van der Waals surface area contributed by atoms with Crippen LogP contribution < -0.4 is 25.8 Å². The molecule has 0 saturated carbocycles. The van der Waals surface area contributed by atoms with Crippen molar-refractivity contribution in [3.63, 3.8) is 0 Å². The van der Waals surface area contributed by atoms with Crippen molar-refractivity contribution >= 4 is 29.1 Å². The van der Waals surface area contributed by atoms with E-state index in [1.54, 1.807) is 43.3 Å². The molecule has 134 valence electrons. The molecule has 8 nitrogen and oxygen atoms in total. The van der Waals surface area contributed by atoms with Crippen LogP contribution in [-0.2, 0) is 9.59 Å². The molecule has 0 fully saturated rings. The Bertz CT molecular complexity index is 881. The van der Waals surface area contributed by atoms with Crippen LogP contribution in [0.3, 0.4) is 0 Å². The Balaban J connectivity index is 1.72. The van der Waals surface area contributed by atoms with Gasteiger partial charge in [-0.1, -0.05) is 6.07 Å². The summed E-state index contributed by atoms with van der Waals surface area (Å²) in [6, 6.07) is 11.3. The molecule has 2 aromatic carbocycles. The number of nitrogens with one attached hydrogen (secondary N) is 2. The predicted octanol–water partition coefficient (Wildman–Crippen LogP) is 1.52. The summed E-state index contributed by atoms with van der Waals surface area (Å²) in [5.74, 6) is -0.327. The van der Waals surface area contributed by atoms with Crippen molar-refractivity contribution in [1.29, 1.82) is 0 Å². The van der Waals surface area contributed by atoms with Gasteiger partial charge in [0.1, 0.15) is 11.5 Å². The van der Waals surface area contributed by atoms with E-state index in [1.165, 1.54) is 6.07 Å². The second kappa shape index (κ2) is 7.14. The second-order valence-electron chi connectivity index (χ2n) is 5.70. The molecular formula is C18H17N3O5. The molecule has 3 amide bonds. The van der Waals surface area contributed by atoms with Crippen LogP contribution in [0.15, 0.2) is 42.5 Å². The Morgan fingerprint density at radius 3 is 2.85 bits per heavy atom. The number of fused-ring (bicyclic) bond motifs is 1. The van der Waals surface area contributed by atoms with Gasteiger partial charge in [-0.05, 0) is 43.3 Å². The fourth-order valence-corrected chi connectivity index (χ4v) is 2.37. The van der Waals surface area contributed by atoms with E-state index in [-0.39, 0.29) is 18.4 Å². The van der Waals surface area contributed by atoms with Crippen molar-refractivity contribution in [2.24, 2.45) is 5.73 Å². The first-order valence-corrected chi connectivity index (χ1v) is 7.86. The molecule has 1 aliphatic heterocycles. The molecule has 1 aliphatic rings. The molecule has 1 heterocycles. The number of rotatable bonds is 5. The summed E-state index contributed by atoms with van der Waals surface area (Å²) < 4.78 is 10.7. The van der Waals surface area contributed by atoms with E-state index in [0.29, 0.717) is 28.4 Å². The fraction of sp³-hybridized carbons (Fsp3) is 0.167. The number of anilines is 2. The maximum absolute atomic E-state index is 12.4. The number of carbonyl (C=O) groups excluding carboxylic acids is 3. The Labute approximate surface area is 149 Å². The largest absolute Gasteiger partial charge is 0.484 e. The number of hydrogen-bond acceptors (Lipinski definition) is 5. The van der Waals surface area contributed by atoms with Crippen LogP contribution >= 0.6 is 0 Å². The second-order valence-corrected chi connectivity index (χ2v) is 5.70. The fourth-order valence-electron chi connectivity index (χ4n) is 2.37. The molecule has 0 radical (unpaired) electrons. The van der Waals surface area contributed by atoms with Crippen molar-refractivity contribution in [3.05, 3.63) is 48.0 Å². The van der Waals surface area contributed by atoms with Gasteiger partial charge in [-0.2, -0.15) is 0 Å². The van der Waals surface area contributed by atoms with Gasteiger partial charge in [0, 0.05) is 11.3 Å². The standard InChI is InChI=1S/C18H17N3O5/c1-10-17(23)21-14-8-12(5-6-15(14)26-10)20-18(24)11-3-2-4-13(7-11)25-9-16(19)22/h2-8,10H,9H2,1H3,(H2,19,22)(H,20,24)(H,21,23)/t10-/m1/s1. The molecule has 0 unspecified atom stereocenters. The van der Waals surface area contributed by atoms with Crippen LogP contribution in [0.4, 0.5) is 11.4 Å². The normalized spacial score (nSPS) is 15.3. The van der Waals surface area contributed by atoms with Crippen LogP contribution in [0, 0.1) is 0 Å². The van der Waals surface area contributed by atoms with Gasteiger partial charge in [-0.25, -0.2) is 0 Å². The van der Waals surface area contributed by atoms with Crippen molar-refractivity contribution < 1.29 is 23.9 Å². The number of carbonyl (C=O) groups is 3. The summed E-state index contributed by atoms with van der Waals surface area (Å²) in [5, 5.41) is 5.45. The minimum Gasteiger partial charge on any atom is -0.484 e. The highest BCUT2D eigenvalue weighted by Gasteiger charge is 2.23. The van der Waals surface area contributed by atoms with Gasteiger partial charge in [0.2, 0.25) is 0 Å². The molecule has 1 atom stereocenters. The Hall–Kier alpha value is -3.55. The van der Waals surface area contributed by atoms with Crippen LogP contribution in [0.5, 0.6) is 11.5 Å². The molecule has 26 heavy (non-hydrogen) atoms. The van der Waals surface area contributed by atoms with Gasteiger partial charge in [0.25, 0.3) is 17.7 Å². The third kappa shape index (κ3) is 3.92. The van der Waals surface area contributed by atoms with E-state index < -0.39 is 12.0 Å². The van der Waals surface area contributed by atoms with Gasteiger partial charge in [-0.3, -0.25) is 14.4 Å². The maximum atomic E-state index is 12.4. The molecule has 0 saturated heterocycles. The SMILES string of the molecule is C[C@H]1Oc2ccc(NC(=O)c3cccc(OCC(N)=O)c3)cc2NC1=O. The number of primary amides is 1. The zero-order valence-electron chi connectivity index (χ0n) is 13.9. The first-order valence-electron chi connectivity index (χ1n) is 7.86. The third-order valence-corrected chi connectivity index (χ3v) is 3.65. The van der Waals surface area contributed by atoms with Crippen LogP contribution in [0.1, 0.15) is 17.3 Å². The quantitative estimate of drug-likeness (QED) is 0.751. The molecule has 8 heteroatoms. The zero-order valence-corrected chi connectivity index (χ0v) is 13.9. The van der Waals surface area contributed by atoms with E-state index in [0.717, 1.165) is 0 Å². The number of hydrogen-bond donors (Lipinski definition) is 3. The van der Waals surface area contributed by atoms with Crippen molar-refractivity contribution in [2.45, 2.75) is 13.0 Å². The molecule has 0 aliphatic carbocycles. The summed E-state index contributed by atoms with van der Waals surface area (Å²) in [6.45, 7) is 1.38. The van der Waals surface area contributed by atoms with Crippen molar-refractivity contribution in [2.75, 3.05) is 17.2 Å². The van der Waals surface area contributed by atoms with Crippen molar-refractivity contribution in [1.82, 2.24) is 0 Å². The summed E-state index contributed by atoms with van der Waals surface area (Å²) in [6.07, 6.45) is -0.564. The lowest BCUT2D eigenvalue weighted by Gasteiger charge is -2.23. The predicted molar refractivity (Wildman–Crippen MR) is 94.2 cm³/mol. The summed E-state index contributed by atoms with van der Waals surface area (Å²) in [4.78, 5) is 34.9. The number of amides is 3. The van der Waals surface area contributed by atoms with Gasteiger partial charge in [0.15, 0.2) is 12.7 Å². The summed E-state index contributed by atoms with van der Waals surface area (Å²) in [7, 11) is 0. The molecule has 0 bridgehead atoms. The highest BCUT2D eigenvalue weighted by Crippen LogP contribution is 2.32. The first kappa shape index (κ1) is 17.3. The lowest BCUT2D eigenvalue weighted by atomic mass is 10.1. The average Bonchev–Trinajstić information content (AvgIpc) is 2.61. The van der Waals surface area contributed by atoms with E-state index in [1.807, 2.05) is 0 Å². The smallest absolute Gasteiger partial charge is 0.265 e. The Morgan fingerprint density at radius 1 is 1.27 bits per heavy atom. The van der Waals surface area contributed by atoms with Gasteiger partial charge in [0.05, 0.1) is 5.69 Å². The summed E-state index contributed by atoms with van der Waals surface area (Å²) >= 11 is 0. The van der Waals surface area contributed by atoms with Crippen LogP contribution in [0.2, 0.25) is 0 Å². The number of nitrogens with two attached hydrogens (primary N) is 1. The molecule has 4 N–H and O–H groups in total.